The summed E-state index contributed by atoms with van der Waals surface area (Å²) in [4.78, 5) is 0. The molecule has 0 heterocycles. The van der Waals surface area contributed by atoms with Gasteiger partial charge in [0.05, 0.1) is 0 Å². The third-order valence-corrected chi connectivity index (χ3v) is 5.74. The predicted octanol–water partition coefficient (Wildman–Crippen LogP) is 0.838. The van der Waals surface area contributed by atoms with Crippen LogP contribution in [0.3, 0.4) is 0 Å². The van der Waals surface area contributed by atoms with Gasteiger partial charge in [-0.25, -0.2) is 23.3 Å². The van der Waals surface area contributed by atoms with Crippen LogP contribution in [0.2, 0.25) is 0 Å². The molecule has 30 heavy (non-hydrogen) atoms. The van der Waals surface area contributed by atoms with Gasteiger partial charge in [-0.1, -0.05) is 26.7 Å². The topological polar surface area (TPSA) is 0 Å². The molecule has 4 rings (SSSR count). The van der Waals surface area contributed by atoms with Gasteiger partial charge in [0, 0.05) is 0 Å². The zero-order valence-corrected chi connectivity index (χ0v) is 22.0. The average molecular weight is 515 g/mol. The van der Waals surface area contributed by atoms with Crippen molar-refractivity contribution >= 4 is 3.21 Å². The van der Waals surface area contributed by atoms with Crippen molar-refractivity contribution in [3.8, 4) is 0 Å². The van der Waals surface area contributed by atoms with E-state index in [-0.39, 0.29) is 24.8 Å². The van der Waals surface area contributed by atoms with Crippen LogP contribution >= 0.6 is 0 Å². The second kappa shape index (κ2) is 15.5. The number of halogens is 2. The molecule has 2 aromatic carbocycles. The number of hydrogen-bond acceptors (Lipinski definition) is 0. The van der Waals surface area contributed by atoms with Crippen molar-refractivity contribution in [2.24, 2.45) is 5.92 Å². The molecule has 2 aromatic rings. The molecule has 0 N–H and O–H groups in total. The van der Waals surface area contributed by atoms with Crippen molar-refractivity contribution < 1.29 is 49.0 Å². The maximum atomic E-state index is 3.19. The van der Waals surface area contributed by atoms with Crippen LogP contribution in [0.4, 0.5) is 0 Å². The van der Waals surface area contributed by atoms with Crippen LogP contribution in [0.15, 0.2) is 95.6 Å². The molecule has 0 amide bonds. The summed E-state index contributed by atoms with van der Waals surface area (Å²) in [5, 5.41) is 0. The van der Waals surface area contributed by atoms with Crippen LogP contribution in [0.1, 0.15) is 45.2 Å². The van der Waals surface area contributed by atoms with Crippen LogP contribution < -0.4 is 24.8 Å². The summed E-state index contributed by atoms with van der Waals surface area (Å²) in [5.74, 6) is 0.556. The molecular formula is C27H28Cl2Zr-2. The summed E-state index contributed by atoms with van der Waals surface area (Å²) < 4.78 is 1.42. The van der Waals surface area contributed by atoms with Gasteiger partial charge in [-0.15, -0.1) is 13.3 Å². The Labute approximate surface area is 210 Å². The normalized spacial score (nSPS) is 15.7. The van der Waals surface area contributed by atoms with E-state index < -0.39 is 0 Å². The standard InChI is InChI=1S/C13H10.2C7H9.2ClH.Zr/c1-3-7-12(8-4-1)11-13-9-5-2-6-10-13;2*1-6-3-4-7(2)5-6;;;/h1-10H;5H,3H2,1-2H3;3,5,7H,1-2H3;2*1H;/q;2*-1;;;+2/p-2. The number of rotatable bonds is 2. The third kappa shape index (κ3) is 10.7. The molecule has 0 nitrogen and oxygen atoms in total. The monoisotopic (exact) mass is 512 g/mol. The van der Waals surface area contributed by atoms with Gasteiger partial charge in [-0.3, -0.25) is 12.2 Å². The van der Waals surface area contributed by atoms with Crippen LogP contribution in [0.5, 0.6) is 0 Å². The van der Waals surface area contributed by atoms with Gasteiger partial charge in [-0.2, -0.15) is 11.6 Å². The van der Waals surface area contributed by atoms with Gasteiger partial charge < -0.3 is 24.8 Å². The predicted molar refractivity (Wildman–Crippen MR) is 118 cm³/mol. The Morgan fingerprint density at radius 3 is 1.60 bits per heavy atom. The molecule has 0 bridgehead atoms. The Morgan fingerprint density at radius 2 is 1.37 bits per heavy atom. The molecule has 0 radical (unpaired) electrons. The second-order valence-electron chi connectivity index (χ2n) is 7.14. The first-order valence-corrected chi connectivity index (χ1v) is 10.9. The van der Waals surface area contributed by atoms with Crippen molar-refractivity contribution in [1.29, 1.82) is 0 Å². The molecule has 0 aliphatic heterocycles. The molecular weight excluding hydrogens is 486 g/mol. The fraction of sp³-hybridized carbons (Fsp3) is 0.222. The van der Waals surface area contributed by atoms with Crippen molar-refractivity contribution in [3.05, 3.63) is 119 Å². The Bertz CT molecular complexity index is 849. The SMILES string of the molecule is CC1=CC(C)[C-]=C1.CC1=[C-]CC(C)=C1.[Cl-].[Cl-].[Zr+2]=[C](c1ccccc1)c1ccccc1. The Balaban J connectivity index is 0.000000448. The summed E-state index contributed by atoms with van der Waals surface area (Å²) in [6.07, 6.45) is 13.8. The second-order valence-corrected chi connectivity index (χ2v) is 8.37. The zero-order valence-electron chi connectivity index (χ0n) is 18.0. The van der Waals surface area contributed by atoms with Gasteiger partial charge in [0.15, 0.2) is 0 Å². The molecule has 156 valence electrons. The molecule has 3 heteroatoms. The summed E-state index contributed by atoms with van der Waals surface area (Å²) in [6.45, 7) is 8.43. The molecule has 2 aliphatic rings. The van der Waals surface area contributed by atoms with Crippen LogP contribution in [-0.4, -0.2) is 3.21 Å². The molecule has 2 aliphatic carbocycles. The minimum absolute atomic E-state index is 0. The van der Waals surface area contributed by atoms with Crippen LogP contribution in [0.25, 0.3) is 0 Å². The van der Waals surface area contributed by atoms with Crippen molar-refractivity contribution in [2.75, 3.05) is 0 Å². The Morgan fingerprint density at radius 1 is 0.867 bits per heavy atom. The number of benzene rings is 2. The van der Waals surface area contributed by atoms with E-state index >= 15 is 0 Å². The number of allylic oxidation sites excluding steroid dienone is 8. The molecule has 1 unspecified atom stereocenters. The van der Waals surface area contributed by atoms with Gasteiger partial charge in [0.25, 0.3) is 0 Å². The van der Waals surface area contributed by atoms with E-state index in [0.717, 1.165) is 6.42 Å². The van der Waals surface area contributed by atoms with Gasteiger partial charge >= 0.3 is 99.2 Å². The third-order valence-electron chi connectivity index (χ3n) is 4.32. The fourth-order valence-electron chi connectivity index (χ4n) is 2.88. The molecule has 0 spiro atoms. The van der Waals surface area contributed by atoms with Crippen molar-refractivity contribution in [1.82, 2.24) is 0 Å². The van der Waals surface area contributed by atoms with Crippen LogP contribution in [0, 0.1) is 18.1 Å². The summed E-state index contributed by atoms with van der Waals surface area (Å²) in [6, 6.07) is 21.1. The summed E-state index contributed by atoms with van der Waals surface area (Å²) in [7, 11) is 0. The molecule has 0 saturated carbocycles. The van der Waals surface area contributed by atoms with Crippen LogP contribution in [-0.2, 0) is 24.2 Å². The van der Waals surface area contributed by atoms with Gasteiger partial charge in [-0.05, 0) is 0 Å². The molecule has 0 saturated heterocycles. The molecule has 1 atom stereocenters. The fourth-order valence-corrected chi connectivity index (χ4v) is 3.70. The first-order chi connectivity index (χ1) is 13.5. The minimum atomic E-state index is 0. The summed E-state index contributed by atoms with van der Waals surface area (Å²) >= 11 is 1.46. The molecule has 0 aromatic heterocycles. The van der Waals surface area contributed by atoms with Crippen molar-refractivity contribution in [2.45, 2.75) is 34.1 Å². The van der Waals surface area contributed by atoms with E-state index in [2.05, 4.69) is 113 Å². The Hall–Kier alpha value is -1.27. The van der Waals surface area contributed by atoms with E-state index in [9.17, 15) is 0 Å². The molecule has 0 fully saturated rings. The first-order valence-electron chi connectivity index (χ1n) is 9.67. The number of hydrogen-bond donors (Lipinski definition) is 0. The summed E-state index contributed by atoms with van der Waals surface area (Å²) in [5.41, 5.74) is 6.72. The van der Waals surface area contributed by atoms with E-state index in [1.165, 1.54) is 55.3 Å². The zero-order chi connectivity index (χ0) is 20.4. The van der Waals surface area contributed by atoms with Crippen molar-refractivity contribution in [3.63, 3.8) is 0 Å². The van der Waals surface area contributed by atoms with Gasteiger partial charge in [0.2, 0.25) is 0 Å². The first kappa shape index (κ1) is 28.7. The van der Waals surface area contributed by atoms with E-state index in [0.29, 0.717) is 5.92 Å². The van der Waals surface area contributed by atoms with E-state index in [1.807, 2.05) is 6.08 Å². The average Bonchev–Trinajstić information content (AvgIpc) is 3.29. The quantitative estimate of drug-likeness (QED) is 0.522. The Kier molecular flexibility index (Phi) is 14.9. The maximum absolute atomic E-state index is 3.19. The van der Waals surface area contributed by atoms with E-state index in [4.69, 9.17) is 0 Å². The van der Waals surface area contributed by atoms with Gasteiger partial charge in [0.1, 0.15) is 0 Å². The van der Waals surface area contributed by atoms with E-state index in [1.54, 1.807) is 0 Å².